The number of hydrogen-bond acceptors (Lipinski definition) is 6. The SMILES string of the molecule is C=CSc1ccc(/C(=C/CC)SC(=C)C(=O)Nc2cnccc2N2CCNCC2)cc1CC.CC. The van der Waals surface area contributed by atoms with E-state index in [0.717, 1.165) is 55.2 Å². The van der Waals surface area contributed by atoms with Gasteiger partial charge in [-0.15, -0.1) is 0 Å². The number of nitrogens with one attached hydrogen (secondary N) is 2. The number of thioether (sulfide) groups is 2. The summed E-state index contributed by atoms with van der Waals surface area (Å²) in [7, 11) is 0. The second-order valence-electron chi connectivity index (χ2n) is 7.55. The number of piperazine rings is 1. The third kappa shape index (κ3) is 8.30. The molecule has 1 saturated heterocycles. The zero-order chi connectivity index (χ0) is 25.6. The van der Waals surface area contributed by atoms with Crippen LogP contribution in [-0.4, -0.2) is 37.1 Å². The predicted molar refractivity (Wildman–Crippen MR) is 156 cm³/mol. The minimum atomic E-state index is -0.207. The Morgan fingerprint density at radius 3 is 2.63 bits per heavy atom. The highest BCUT2D eigenvalue weighted by Gasteiger charge is 2.18. The van der Waals surface area contributed by atoms with Gasteiger partial charge < -0.3 is 15.5 Å². The summed E-state index contributed by atoms with van der Waals surface area (Å²) in [6.45, 7) is 19.8. The third-order valence-corrected chi connectivity index (χ3v) is 7.19. The molecule has 0 spiro atoms. The monoisotopic (exact) mass is 510 g/mol. The smallest absolute Gasteiger partial charge is 0.261 e. The largest absolute Gasteiger partial charge is 0.367 e. The number of pyridine rings is 1. The number of benzene rings is 1. The Morgan fingerprint density at radius 2 is 1.97 bits per heavy atom. The zero-order valence-electron chi connectivity index (χ0n) is 21.4. The molecule has 7 heteroatoms. The number of amides is 1. The standard InChI is InChI=1S/C26H32N4OS2.C2H6/c1-5-8-25(21-9-10-24(32-7-3)20(6-2)17-21)33-19(4)26(31)29-22-18-28-12-11-23(22)30-15-13-27-14-16-30;1-2/h7-12,17-18,27H,3-6,13-16H2,1-2H3,(H,29,31);1-2H3/b25-8-;. The van der Waals surface area contributed by atoms with Crippen molar-refractivity contribution in [2.75, 3.05) is 36.4 Å². The summed E-state index contributed by atoms with van der Waals surface area (Å²) in [6, 6.07) is 8.39. The van der Waals surface area contributed by atoms with Crippen molar-refractivity contribution in [3.8, 4) is 0 Å². The van der Waals surface area contributed by atoms with Gasteiger partial charge in [-0.25, -0.2) is 0 Å². The number of aromatic nitrogens is 1. The van der Waals surface area contributed by atoms with Gasteiger partial charge in [-0.2, -0.15) is 0 Å². The number of rotatable bonds is 10. The molecule has 1 aliphatic heterocycles. The van der Waals surface area contributed by atoms with E-state index in [1.807, 2.05) is 25.3 Å². The van der Waals surface area contributed by atoms with Gasteiger partial charge in [0, 0.05) is 42.2 Å². The number of allylic oxidation sites excluding steroid dienone is 1. The Hall–Kier alpha value is -2.48. The zero-order valence-corrected chi connectivity index (χ0v) is 23.0. The summed E-state index contributed by atoms with van der Waals surface area (Å²) >= 11 is 3.05. The van der Waals surface area contributed by atoms with Crippen molar-refractivity contribution >= 4 is 45.7 Å². The molecular weight excluding hydrogens is 472 g/mol. The van der Waals surface area contributed by atoms with Crippen LogP contribution in [-0.2, 0) is 11.2 Å². The molecule has 188 valence electrons. The number of hydrogen-bond donors (Lipinski definition) is 2. The summed E-state index contributed by atoms with van der Waals surface area (Å²) in [4.78, 5) is 22.2. The van der Waals surface area contributed by atoms with Gasteiger partial charge >= 0.3 is 0 Å². The number of carbonyl (C=O) groups excluding carboxylic acids is 1. The van der Waals surface area contributed by atoms with Gasteiger partial charge in [-0.3, -0.25) is 9.78 Å². The average molecular weight is 511 g/mol. The summed E-state index contributed by atoms with van der Waals surface area (Å²) in [5.74, 6) is -0.207. The molecule has 0 aliphatic carbocycles. The molecule has 1 aliphatic rings. The Morgan fingerprint density at radius 1 is 1.23 bits per heavy atom. The molecule has 0 atom stereocenters. The molecule has 5 nitrogen and oxygen atoms in total. The van der Waals surface area contributed by atoms with Crippen LogP contribution in [0.25, 0.3) is 4.91 Å². The van der Waals surface area contributed by atoms with E-state index in [4.69, 9.17) is 0 Å². The molecule has 0 bridgehead atoms. The minimum absolute atomic E-state index is 0.207. The molecule has 0 unspecified atom stereocenters. The van der Waals surface area contributed by atoms with Crippen LogP contribution in [0, 0.1) is 0 Å². The highest BCUT2D eigenvalue weighted by molar-refractivity contribution is 8.12. The van der Waals surface area contributed by atoms with Gasteiger partial charge in [0.1, 0.15) is 0 Å². The van der Waals surface area contributed by atoms with E-state index < -0.39 is 0 Å². The van der Waals surface area contributed by atoms with Gasteiger partial charge in [0.05, 0.1) is 22.5 Å². The van der Waals surface area contributed by atoms with Crippen molar-refractivity contribution < 1.29 is 4.79 Å². The lowest BCUT2D eigenvalue weighted by atomic mass is 10.1. The molecule has 1 aromatic heterocycles. The Bertz CT molecular complexity index is 1030. The lowest BCUT2D eigenvalue weighted by Crippen LogP contribution is -2.43. The van der Waals surface area contributed by atoms with Gasteiger partial charge in [-0.1, -0.05) is 76.5 Å². The Kier molecular flexibility index (Phi) is 12.7. The highest BCUT2D eigenvalue weighted by Crippen LogP contribution is 2.37. The van der Waals surface area contributed by atoms with E-state index in [9.17, 15) is 4.79 Å². The first-order valence-corrected chi connectivity index (χ1v) is 14.0. The quantitative estimate of drug-likeness (QED) is 0.266. The molecule has 2 N–H and O–H groups in total. The first-order valence-electron chi connectivity index (χ1n) is 12.3. The van der Waals surface area contributed by atoms with Gasteiger partial charge in [0.25, 0.3) is 5.91 Å². The molecule has 0 saturated carbocycles. The van der Waals surface area contributed by atoms with Crippen LogP contribution < -0.4 is 15.5 Å². The van der Waals surface area contributed by atoms with Crippen LogP contribution in [0.15, 0.2) is 71.1 Å². The normalized spacial score (nSPS) is 13.5. The number of anilines is 2. The van der Waals surface area contributed by atoms with Crippen molar-refractivity contribution in [1.82, 2.24) is 10.3 Å². The molecular formula is C28H38N4OS2. The molecule has 35 heavy (non-hydrogen) atoms. The van der Waals surface area contributed by atoms with Crippen molar-refractivity contribution in [3.63, 3.8) is 0 Å². The van der Waals surface area contributed by atoms with Crippen LogP contribution in [0.1, 0.15) is 45.2 Å². The van der Waals surface area contributed by atoms with Gasteiger partial charge in [-0.05, 0) is 47.6 Å². The number of aryl methyl sites for hydroxylation is 1. The summed E-state index contributed by atoms with van der Waals surface area (Å²) < 4.78 is 0. The fraction of sp³-hybridized carbons (Fsp3) is 0.357. The van der Waals surface area contributed by atoms with Crippen LogP contribution in [0.4, 0.5) is 11.4 Å². The van der Waals surface area contributed by atoms with Crippen molar-refractivity contribution in [1.29, 1.82) is 0 Å². The molecule has 1 amide bonds. The predicted octanol–water partition coefficient (Wildman–Crippen LogP) is 6.95. The van der Waals surface area contributed by atoms with Gasteiger partial charge in [0.15, 0.2) is 0 Å². The summed E-state index contributed by atoms with van der Waals surface area (Å²) in [5, 5.41) is 8.24. The molecule has 1 aromatic carbocycles. The van der Waals surface area contributed by atoms with Crippen LogP contribution in [0.3, 0.4) is 0 Å². The lowest BCUT2D eigenvalue weighted by Gasteiger charge is -2.30. The lowest BCUT2D eigenvalue weighted by molar-refractivity contribution is -0.112. The summed E-state index contributed by atoms with van der Waals surface area (Å²) in [6.07, 6.45) is 7.43. The van der Waals surface area contributed by atoms with E-state index in [0.29, 0.717) is 10.6 Å². The number of nitrogens with zero attached hydrogens (tertiary/aromatic N) is 2. The first-order chi connectivity index (χ1) is 17.1. The molecule has 2 heterocycles. The van der Waals surface area contributed by atoms with E-state index in [1.54, 1.807) is 24.2 Å². The highest BCUT2D eigenvalue weighted by atomic mass is 32.2. The van der Waals surface area contributed by atoms with Crippen LogP contribution in [0.2, 0.25) is 0 Å². The van der Waals surface area contributed by atoms with Crippen molar-refractivity contribution in [2.45, 2.75) is 45.4 Å². The molecule has 2 aromatic rings. The fourth-order valence-electron chi connectivity index (χ4n) is 3.65. The Balaban J connectivity index is 0.00000210. The van der Waals surface area contributed by atoms with Crippen LogP contribution >= 0.6 is 23.5 Å². The third-order valence-electron chi connectivity index (χ3n) is 5.32. The second-order valence-corrected chi connectivity index (χ2v) is 9.69. The van der Waals surface area contributed by atoms with E-state index >= 15 is 0 Å². The minimum Gasteiger partial charge on any atom is -0.367 e. The van der Waals surface area contributed by atoms with Crippen molar-refractivity contribution in [3.05, 3.63) is 77.3 Å². The van der Waals surface area contributed by atoms with Crippen molar-refractivity contribution in [2.24, 2.45) is 0 Å². The van der Waals surface area contributed by atoms with E-state index in [2.05, 4.69) is 71.8 Å². The van der Waals surface area contributed by atoms with E-state index in [-0.39, 0.29) is 5.91 Å². The van der Waals surface area contributed by atoms with Crippen LogP contribution in [0.5, 0.6) is 0 Å². The topological polar surface area (TPSA) is 57.3 Å². The average Bonchev–Trinajstić information content (AvgIpc) is 2.90. The maximum atomic E-state index is 13.0. The molecule has 1 fully saturated rings. The Labute approximate surface area is 219 Å². The number of carbonyl (C=O) groups is 1. The van der Waals surface area contributed by atoms with Gasteiger partial charge in [0.2, 0.25) is 0 Å². The maximum Gasteiger partial charge on any atom is 0.261 e. The fourth-order valence-corrected chi connectivity index (χ4v) is 5.24. The van der Waals surface area contributed by atoms with E-state index in [1.165, 1.54) is 22.2 Å². The molecule has 3 rings (SSSR count). The molecule has 0 radical (unpaired) electrons. The maximum absolute atomic E-state index is 13.0. The first kappa shape index (κ1) is 28.8. The second kappa shape index (κ2) is 15.5. The summed E-state index contributed by atoms with van der Waals surface area (Å²) in [5.41, 5.74) is 4.08.